The zero-order valence-corrected chi connectivity index (χ0v) is 38.8. The number of fused-ring (bicyclic) bond motifs is 1. The van der Waals surface area contributed by atoms with Gasteiger partial charge in [0, 0.05) is 22.8 Å². The van der Waals surface area contributed by atoms with Crippen LogP contribution in [0, 0.1) is 34.6 Å². The topological polar surface area (TPSA) is 314 Å². The summed E-state index contributed by atoms with van der Waals surface area (Å²) in [5, 5.41) is 59.3. The van der Waals surface area contributed by atoms with E-state index < -0.39 is 56.5 Å². The van der Waals surface area contributed by atoms with E-state index in [1.165, 1.54) is 18.2 Å². The molecule has 0 atom stereocenters. The molecule has 7 aromatic rings. The van der Waals surface area contributed by atoms with Gasteiger partial charge in [-0.25, -0.2) is 0 Å². The third-order valence-electron chi connectivity index (χ3n) is 10.3. The summed E-state index contributed by atoms with van der Waals surface area (Å²) in [5.41, 5.74) is 5.55. The smallest absolute Gasteiger partial charge is 0.296 e. The zero-order valence-electron chi connectivity index (χ0n) is 36.4. The summed E-state index contributed by atoms with van der Waals surface area (Å²) in [6.07, 6.45) is 0. The number of aryl methyl sites for hydroxylation is 5. The van der Waals surface area contributed by atoms with Crippen molar-refractivity contribution in [2.24, 2.45) is 40.9 Å². The van der Waals surface area contributed by atoms with E-state index in [0.717, 1.165) is 17.8 Å². The normalized spacial score (nSPS) is 12.6. The molecule has 0 radical (unpaired) electrons. The van der Waals surface area contributed by atoms with Gasteiger partial charge in [0.1, 0.15) is 32.6 Å². The van der Waals surface area contributed by atoms with E-state index in [0.29, 0.717) is 67.7 Å². The summed E-state index contributed by atoms with van der Waals surface area (Å²) in [6.45, 7) is 8.72. The molecule has 0 saturated carbocycles. The highest BCUT2D eigenvalue weighted by Gasteiger charge is 2.23. The maximum Gasteiger partial charge on any atom is 0.296 e. The number of para-hydroxylation sites is 1. The number of phenolic OH excluding ortho intramolecular Hbond substituents is 2. The van der Waals surface area contributed by atoms with Gasteiger partial charge in [-0.3, -0.25) is 13.7 Å². The first kappa shape index (κ1) is 48.3. The Hall–Kier alpha value is -7.67. The molecule has 0 aliphatic heterocycles. The number of benzene rings is 7. The monoisotopic (exact) mass is 977 g/mol. The maximum absolute atomic E-state index is 12.5. The molecule has 0 fully saturated rings. The Morgan fingerprint density at radius 3 is 1.35 bits per heavy atom. The predicted molar refractivity (Wildman–Crippen MR) is 253 cm³/mol. The number of hydrogen-bond donors (Lipinski definition) is 6. The highest BCUT2D eigenvalue weighted by molar-refractivity contribution is 7.87. The molecular weight excluding hydrogens is 939 g/mol. The Morgan fingerprint density at radius 1 is 0.412 bits per heavy atom. The molecule has 0 aliphatic carbocycles. The lowest BCUT2D eigenvalue weighted by molar-refractivity contribution is 0.471. The van der Waals surface area contributed by atoms with E-state index in [1.807, 2.05) is 30.3 Å². The van der Waals surface area contributed by atoms with Crippen molar-refractivity contribution in [1.82, 2.24) is 0 Å². The molecule has 0 bridgehead atoms. The predicted octanol–water partition coefficient (Wildman–Crippen LogP) is 12.9. The van der Waals surface area contributed by atoms with Gasteiger partial charge in [-0.2, -0.15) is 50.8 Å². The lowest BCUT2D eigenvalue weighted by Gasteiger charge is -2.11. The van der Waals surface area contributed by atoms with Gasteiger partial charge in [0.25, 0.3) is 30.4 Å². The van der Waals surface area contributed by atoms with Crippen LogP contribution < -0.4 is 5.32 Å². The van der Waals surface area contributed by atoms with Gasteiger partial charge in [-0.05, 0) is 153 Å². The lowest BCUT2D eigenvalue weighted by atomic mass is 10.1. The second kappa shape index (κ2) is 18.9. The third-order valence-corrected chi connectivity index (χ3v) is 12.9. The Balaban J connectivity index is 1.08. The number of hydrogen-bond acceptors (Lipinski definition) is 17. The number of nitrogens with zero attached hydrogens (tertiary/aromatic N) is 8. The maximum atomic E-state index is 12.5. The molecule has 0 unspecified atom stereocenters. The fourth-order valence-corrected chi connectivity index (χ4v) is 8.53. The average Bonchev–Trinajstić information content (AvgIpc) is 3.26. The van der Waals surface area contributed by atoms with Gasteiger partial charge in [-0.1, -0.05) is 18.2 Å². The Bertz CT molecular complexity index is 3660. The minimum atomic E-state index is -4.94. The molecule has 0 aliphatic rings. The van der Waals surface area contributed by atoms with Gasteiger partial charge in [-0.15, -0.1) is 15.3 Å². The molecule has 7 rings (SSSR count). The Morgan fingerprint density at radius 2 is 0.868 bits per heavy atom. The van der Waals surface area contributed by atoms with Crippen LogP contribution in [-0.4, -0.2) is 49.1 Å². The first-order chi connectivity index (χ1) is 32.0. The first-order valence-corrected chi connectivity index (χ1v) is 24.2. The van der Waals surface area contributed by atoms with Gasteiger partial charge in [0.05, 0.1) is 33.3 Å². The highest BCUT2D eigenvalue weighted by atomic mass is 32.2. The number of nitrogens with one attached hydrogen (secondary N) is 1. The molecular formula is C45H39N9O11S3. The van der Waals surface area contributed by atoms with Crippen molar-refractivity contribution in [2.75, 3.05) is 5.32 Å². The zero-order chi connectivity index (χ0) is 49.3. The van der Waals surface area contributed by atoms with E-state index in [4.69, 9.17) is 0 Å². The third kappa shape index (κ3) is 10.9. The number of aromatic hydroxyl groups is 2. The molecule has 7 aromatic carbocycles. The molecule has 20 nitrogen and oxygen atoms in total. The summed E-state index contributed by atoms with van der Waals surface area (Å²) in [7, 11) is -14.6. The molecule has 0 aromatic heterocycles. The summed E-state index contributed by atoms with van der Waals surface area (Å²) in [5.74, 6) is -0.941. The first-order valence-electron chi connectivity index (χ1n) is 19.9. The van der Waals surface area contributed by atoms with Crippen LogP contribution in [0.1, 0.15) is 27.8 Å². The van der Waals surface area contributed by atoms with Crippen molar-refractivity contribution in [3.8, 4) is 11.5 Å². The second-order valence-electron chi connectivity index (χ2n) is 15.3. The minimum absolute atomic E-state index is 0.0866. The van der Waals surface area contributed by atoms with Crippen molar-refractivity contribution in [3.63, 3.8) is 0 Å². The highest BCUT2D eigenvalue weighted by Crippen LogP contribution is 2.44. The number of rotatable bonds is 13. The van der Waals surface area contributed by atoms with Crippen molar-refractivity contribution in [3.05, 3.63) is 137 Å². The summed E-state index contributed by atoms with van der Waals surface area (Å²) in [6, 6.07) is 27.3. The van der Waals surface area contributed by atoms with E-state index in [2.05, 4.69) is 46.2 Å². The SMILES string of the molecule is Cc1cc(N=Nc2cc(O)c(N=Nc3c(S(=O)(=O)O)cc4cc(Nc5ccccc5)ccc4c3O)cc2C)c(C)cc1N=Nc1cc(C)c(N=Nc2ccc(S(=O)(=O)O)cc2S(=O)(=O)O)cc1C. The van der Waals surface area contributed by atoms with E-state index in [1.54, 1.807) is 77.1 Å². The Labute approximate surface area is 389 Å². The van der Waals surface area contributed by atoms with E-state index in [-0.39, 0.29) is 28.2 Å². The fraction of sp³-hybridized carbons (Fsp3) is 0.111. The minimum Gasteiger partial charge on any atom is -0.506 e. The van der Waals surface area contributed by atoms with Crippen molar-refractivity contribution in [1.29, 1.82) is 0 Å². The van der Waals surface area contributed by atoms with Gasteiger partial charge in [0.2, 0.25) is 0 Å². The van der Waals surface area contributed by atoms with Gasteiger partial charge in [0.15, 0.2) is 5.75 Å². The van der Waals surface area contributed by atoms with Crippen molar-refractivity contribution >= 4 is 98.0 Å². The quantitative estimate of drug-likeness (QED) is 0.0464. The largest absolute Gasteiger partial charge is 0.506 e. The van der Waals surface area contributed by atoms with Crippen LogP contribution in [0.3, 0.4) is 0 Å². The summed E-state index contributed by atoms with van der Waals surface area (Å²) >= 11 is 0. The van der Waals surface area contributed by atoms with E-state index >= 15 is 0 Å². The van der Waals surface area contributed by atoms with Crippen molar-refractivity contribution < 1.29 is 49.1 Å². The van der Waals surface area contributed by atoms with Crippen LogP contribution >= 0.6 is 0 Å². The van der Waals surface area contributed by atoms with Gasteiger partial charge >= 0.3 is 0 Å². The van der Waals surface area contributed by atoms with E-state index in [9.17, 15) is 49.1 Å². The Kier molecular flexibility index (Phi) is 13.4. The summed E-state index contributed by atoms with van der Waals surface area (Å²) in [4.78, 5) is -2.32. The number of azo groups is 4. The van der Waals surface area contributed by atoms with Crippen LogP contribution in [0.2, 0.25) is 0 Å². The standard InChI is InChI=1S/C45H39N9O11S3/c1-24-16-36(25(2)15-35(24)48-47-34-14-12-32(66(57,58)59)22-42(34)67(60,61)62)49-50-37-17-27(4)38(18-26(37)3)51-52-39-23-41(55)40(19-28(39)5)53-54-44-43(68(63,64)65)21-29-20-31(11-13-33(29)45(44)56)46-30-9-7-6-8-10-30/h6-23,46,55-56H,1-5H3,(H,57,58,59)(H,60,61,62)(H,63,64,65). The van der Waals surface area contributed by atoms with Crippen LogP contribution in [0.15, 0.2) is 165 Å². The van der Waals surface area contributed by atoms with Crippen LogP contribution in [0.5, 0.6) is 11.5 Å². The molecule has 0 amide bonds. The molecule has 0 saturated heterocycles. The van der Waals surface area contributed by atoms with Crippen LogP contribution in [0.4, 0.5) is 56.9 Å². The lowest BCUT2D eigenvalue weighted by Crippen LogP contribution is -2.03. The van der Waals surface area contributed by atoms with Crippen molar-refractivity contribution in [2.45, 2.75) is 49.3 Å². The molecule has 68 heavy (non-hydrogen) atoms. The second-order valence-corrected chi connectivity index (χ2v) is 19.5. The number of anilines is 2. The van der Waals surface area contributed by atoms with Gasteiger partial charge < -0.3 is 15.5 Å². The molecule has 0 spiro atoms. The fourth-order valence-electron chi connectivity index (χ4n) is 6.64. The molecule has 6 N–H and O–H groups in total. The van der Waals surface area contributed by atoms with Crippen LogP contribution in [0.25, 0.3) is 10.8 Å². The summed E-state index contributed by atoms with van der Waals surface area (Å²) < 4.78 is 101. The average molecular weight is 978 g/mol. The number of phenols is 2. The molecule has 23 heteroatoms. The molecule has 348 valence electrons. The molecule has 0 heterocycles. The van der Waals surface area contributed by atoms with Crippen LogP contribution in [-0.2, 0) is 30.4 Å².